The van der Waals surface area contributed by atoms with Crippen molar-refractivity contribution in [3.05, 3.63) is 53.9 Å². The number of aromatic nitrogens is 2. The third-order valence-corrected chi connectivity index (χ3v) is 4.23. The van der Waals surface area contributed by atoms with Crippen molar-refractivity contribution in [3.8, 4) is 22.9 Å². The van der Waals surface area contributed by atoms with Gasteiger partial charge >= 0.3 is 0 Å². The minimum atomic E-state index is -0.277. The van der Waals surface area contributed by atoms with E-state index in [1.807, 2.05) is 30.3 Å². The largest absolute Gasteiger partial charge is 0.454 e. The molecule has 0 spiro atoms. The summed E-state index contributed by atoms with van der Waals surface area (Å²) in [5.74, 6) is 1.36. The first-order valence-electron chi connectivity index (χ1n) is 8.72. The van der Waals surface area contributed by atoms with Crippen molar-refractivity contribution >= 4 is 17.4 Å². The van der Waals surface area contributed by atoms with Crippen LogP contribution in [-0.2, 0) is 11.2 Å². The van der Waals surface area contributed by atoms with E-state index in [9.17, 15) is 9.59 Å². The maximum absolute atomic E-state index is 12.4. The number of amides is 1. The van der Waals surface area contributed by atoms with Gasteiger partial charge in [-0.15, -0.1) is 0 Å². The van der Waals surface area contributed by atoms with Crippen LogP contribution in [0.15, 0.2) is 47.0 Å². The van der Waals surface area contributed by atoms with Crippen molar-refractivity contribution in [2.75, 3.05) is 12.1 Å². The molecule has 1 amide bonds. The third-order valence-electron chi connectivity index (χ3n) is 4.23. The molecule has 0 unspecified atom stereocenters. The summed E-state index contributed by atoms with van der Waals surface area (Å²) in [6.07, 6.45) is 0.411. The van der Waals surface area contributed by atoms with Crippen molar-refractivity contribution in [1.82, 2.24) is 10.1 Å². The van der Waals surface area contributed by atoms with Gasteiger partial charge in [-0.25, -0.2) is 0 Å². The average molecular weight is 379 g/mol. The van der Waals surface area contributed by atoms with E-state index >= 15 is 0 Å². The van der Waals surface area contributed by atoms with Crippen LogP contribution in [0.3, 0.4) is 0 Å². The van der Waals surface area contributed by atoms with Gasteiger partial charge in [0.1, 0.15) is 0 Å². The monoisotopic (exact) mass is 379 g/mol. The van der Waals surface area contributed by atoms with E-state index in [1.54, 1.807) is 12.1 Å². The Kier molecular flexibility index (Phi) is 4.76. The van der Waals surface area contributed by atoms with Crippen LogP contribution in [0.1, 0.15) is 29.6 Å². The molecule has 0 aliphatic carbocycles. The second kappa shape index (κ2) is 7.51. The van der Waals surface area contributed by atoms with E-state index in [1.165, 1.54) is 6.92 Å². The quantitative estimate of drug-likeness (QED) is 0.656. The molecule has 0 fully saturated rings. The summed E-state index contributed by atoms with van der Waals surface area (Å²) in [4.78, 5) is 28.5. The Bertz CT molecular complexity index is 1030. The summed E-state index contributed by atoms with van der Waals surface area (Å²) in [6, 6.07) is 12.6. The standard InChI is InChI=1S/C20H17N3O5/c1-12(24)14-9-16-17(27-11-26-16)10-15(14)21-18(25)7-8-19-22-20(23-28-19)13-5-3-2-4-6-13/h2-6,9-10H,7-8,11H2,1H3,(H,21,25). The Morgan fingerprint density at radius 2 is 1.86 bits per heavy atom. The van der Waals surface area contributed by atoms with Crippen molar-refractivity contribution in [2.45, 2.75) is 19.8 Å². The fraction of sp³-hybridized carbons (Fsp3) is 0.200. The number of ether oxygens (including phenoxy) is 2. The van der Waals surface area contributed by atoms with Crippen molar-refractivity contribution in [1.29, 1.82) is 0 Å². The molecule has 0 atom stereocenters. The summed E-state index contributed by atoms with van der Waals surface area (Å²) in [7, 11) is 0. The fourth-order valence-corrected chi connectivity index (χ4v) is 2.83. The maximum Gasteiger partial charge on any atom is 0.231 e. The van der Waals surface area contributed by atoms with Crippen molar-refractivity contribution in [2.24, 2.45) is 0 Å². The molecule has 0 radical (unpaired) electrons. The van der Waals surface area contributed by atoms with Gasteiger partial charge in [0.15, 0.2) is 17.3 Å². The number of Topliss-reactive ketones (excluding diaryl/α,β-unsaturated/α-hetero) is 1. The second-order valence-corrected chi connectivity index (χ2v) is 6.23. The molecule has 1 N–H and O–H groups in total. The van der Waals surface area contributed by atoms with E-state index in [2.05, 4.69) is 15.5 Å². The summed E-state index contributed by atoms with van der Waals surface area (Å²) in [5.41, 5.74) is 1.59. The first kappa shape index (κ1) is 17.7. The molecule has 0 saturated heterocycles. The molecule has 1 aromatic heterocycles. The summed E-state index contributed by atoms with van der Waals surface area (Å²) < 4.78 is 15.8. The molecule has 8 nitrogen and oxygen atoms in total. The van der Waals surface area contributed by atoms with Crippen LogP contribution in [0.4, 0.5) is 5.69 Å². The highest BCUT2D eigenvalue weighted by atomic mass is 16.7. The zero-order valence-corrected chi connectivity index (χ0v) is 15.1. The van der Waals surface area contributed by atoms with Crippen LogP contribution in [0.5, 0.6) is 11.5 Å². The lowest BCUT2D eigenvalue weighted by atomic mass is 10.1. The summed E-state index contributed by atoms with van der Waals surface area (Å²) in [5, 5.41) is 6.68. The maximum atomic E-state index is 12.4. The Balaban J connectivity index is 1.42. The Labute approximate surface area is 160 Å². The molecular weight excluding hydrogens is 362 g/mol. The number of hydrogen-bond acceptors (Lipinski definition) is 7. The SMILES string of the molecule is CC(=O)c1cc2c(cc1NC(=O)CCc1nc(-c3ccccc3)no1)OCO2. The van der Waals surface area contributed by atoms with Crippen LogP contribution >= 0.6 is 0 Å². The van der Waals surface area contributed by atoms with Gasteiger partial charge in [-0.2, -0.15) is 4.98 Å². The summed E-state index contributed by atoms with van der Waals surface area (Å²) in [6.45, 7) is 1.52. The molecule has 1 aliphatic rings. The number of nitrogens with one attached hydrogen (secondary N) is 1. The number of carbonyl (C=O) groups excluding carboxylic acids is 2. The van der Waals surface area contributed by atoms with Crippen LogP contribution in [0, 0.1) is 0 Å². The fourth-order valence-electron chi connectivity index (χ4n) is 2.83. The first-order chi connectivity index (χ1) is 13.6. The highest BCUT2D eigenvalue weighted by Gasteiger charge is 2.20. The molecule has 3 aromatic rings. The lowest BCUT2D eigenvalue weighted by molar-refractivity contribution is -0.116. The molecule has 28 heavy (non-hydrogen) atoms. The van der Waals surface area contributed by atoms with E-state index in [4.69, 9.17) is 14.0 Å². The van der Waals surface area contributed by atoms with E-state index < -0.39 is 0 Å². The van der Waals surface area contributed by atoms with Crippen LogP contribution in [0.25, 0.3) is 11.4 Å². The molecular formula is C20H17N3O5. The average Bonchev–Trinajstić information content (AvgIpc) is 3.35. The number of rotatable bonds is 6. The lowest BCUT2D eigenvalue weighted by Crippen LogP contribution is -2.14. The van der Waals surface area contributed by atoms with Gasteiger partial charge in [0.2, 0.25) is 24.4 Å². The minimum absolute atomic E-state index is 0.0883. The van der Waals surface area contributed by atoms with E-state index in [-0.39, 0.29) is 31.3 Å². The molecule has 2 heterocycles. The Hall–Kier alpha value is -3.68. The number of anilines is 1. The summed E-state index contributed by atoms with van der Waals surface area (Å²) >= 11 is 0. The van der Waals surface area contributed by atoms with Gasteiger partial charge < -0.3 is 19.3 Å². The molecule has 0 saturated carbocycles. The molecule has 4 rings (SSSR count). The predicted octanol–water partition coefficient (Wildman–Crippen LogP) is 3.24. The van der Waals surface area contributed by atoms with E-state index in [0.29, 0.717) is 34.5 Å². The van der Waals surface area contributed by atoms with Gasteiger partial charge in [0.05, 0.1) is 5.69 Å². The highest BCUT2D eigenvalue weighted by Crippen LogP contribution is 2.37. The molecule has 142 valence electrons. The van der Waals surface area contributed by atoms with Crippen molar-refractivity contribution in [3.63, 3.8) is 0 Å². The number of carbonyl (C=O) groups is 2. The number of nitrogens with zero attached hydrogens (tertiary/aromatic N) is 2. The van der Waals surface area contributed by atoms with Gasteiger partial charge in [-0.1, -0.05) is 35.5 Å². The Morgan fingerprint density at radius 1 is 1.11 bits per heavy atom. The topological polar surface area (TPSA) is 104 Å². The van der Waals surface area contributed by atoms with Gasteiger partial charge in [0.25, 0.3) is 0 Å². The second-order valence-electron chi connectivity index (χ2n) is 6.23. The molecule has 0 bridgehead atoms. The lowest BCUT2D eigenvalue weighted by Gasteiger charge is -2.10. The number of aryl methyl sites for hydroxylation is 1. The van der Waals surface area contributed by atoms with Crippen LogP contribution in [0.2, 0.25) is 0 Å². The van der Waals surface area contributed by atoms with Crippen molar-refractivity contribution < 1.29 is 23.6 Å². The molecule has 1 aliphatic heterocycles. The van der Waals surface area contributed by atoms with Crippen LogP contribution in [-0.4, -0.2) is 28.6 Å². The number of ketones is 1. The number of fused-ring (bicyclic) bond motifs is 1. The normalized spacial score (nSPS) is 12.0. The Morgan fingerprint density at radius 3 is 2.61 bits per heavy atom. The molecule has 2 aromatic carbocycles. The van der Waals surface area contributed by atoms with Gasteiger partial charge in [-0.3, -0.25) is 9.59 Å². The first-order valence-corrected chi connectivity index (χ1v) is 8.72. The zero-order valence-electron chi connectivity index (χ0n) is 15.1. The van der Waals surface area contributed by atoms with Gasteiger partial charge in [0, 0.05) is 30.0 Å². The highest BCUT2D eigenvalue weighted by molar-refractivity contribution is 6.04. The minimum Gasteiger partial charge on any atom is -0.454 e. The number of benzene rings is 2. The predicted molar refractivity (Wildman–Crippen MR) is 99.3 cm³/mol. The smallest absolute Gasteiger partial charge is 0.231 e. The third kappa shape index (κ3) is 3.71. The van der Waals surface area contributed by atoms with E-state index in [0.717, 1.165) is 5.56 Å². The van der Waals surface area contributed by atoms with Gasteiger partial charge in [-0.05, 0) is 13.0 Å². The number of hydrogen-bond donors (Lipinski definition) is 1. The zero-order chi connectivity index (χ0) is 19.5. The molecule has 8 heteroatoms. The van der Waals surface area contributed by atoms with Crippen LogP contribution < -0.4 is 14.8 Å².